The molecule has 0 aromatic heterocycles. The summed E-state index contributed by atoms with van der Waals surface area (Å²) in [6.07, 6.45) is 3.21. The number of hydrogen-bond donors (Lipinski definition) is 1. The standard InChI is InChI=1S/C15H22N2O2/c1-17(13-6-4-9-16-10-8-13)15(18)12-5-3-7-14(11-12)19-2/h3,5,7,11,13,16H,4,6,8-10H2,1-2H3/t13-/m1/s1. The Hall–Kier alpha value is -1.55. The fourth-order valence-corrected chi connectivity index (χ4v) is 2.51. The Morgan fingerprint density at radius 1 is 1.37 bits per heavy atom. The quantitative estimate of drug-likeness (QED) is 0.904. The molecule has 0 radical (unpaired) electrons. The lowest BCUT2D eigenvalue weighted by molar-refractivity contribution is 0.0720. The van der Waals surface area contributed by atoms with Gasteiger partial charge >= 0.3 is 0 Å². The highest BCUT2D eigenvalue weighted by Gasteiger charge is 2.22. The topological polar surface area (TPSA) is 41.6 Å². The first-order chi connectivity index (χ1) is 9.22. The van der Waals surface area contributed by atoms with Gasteiger partial charge in [0.15, 0.2) is 0 Å². The van der Waals surface area contributed by atoms with E-state index >= 15 is 0 Å². The van der Waals surface area contributed by atoms with E-state index in [0.717, 1.165) is 38.1 Å². The largest absolute Gasteiger partial charge is 0.497 e. The van der Waals surface area contributed by atoms with Gasteiger partial charge in [-0.05, 0) is 50.6 Å². The summed E-state index contributed by atoms with van der Waals surface area (Å²) in [4.78, 5) is 14.4. The molecule has 1 N–H and O–H groups in total. The number of ether oxygens (including phenoxy) is 1. The van der Waals surface area contributed by atoms with Crippen molar-refractivity contribution in [2.24, 2.45) is 0 Å². The lowest BCUT2D eigenvalue weighted by Gasteiger charge is -2.27. The molecule has 0 saturated carbocycles. The van der Waals surface area contributed by atoms with Crippen LogP contribution in [0.4, 0.5) is 0 Å². The third-order valence-corrected chi connectivity index (χ3v) is 3.73. The van der Waals surface area contributed by atoms with Crippen LogP contribution in [0.2, 0.25) is 0 Å². The molecule has 0 bridgehead atoms. The van der Waals surface area contributed by atoms with Crippen molar-refractivity contribution in [1.29, 1.82) is 0 Å². The fraction of sp³-hybridized carbons (Fsp3) is 0.533. The minimum atomic E-state index is 0.0748. The molecule has 4 nitrogen and oxygen atoms in total. The lowest BCUT2D eigenvalue weighted by atomic mass is 10.1. The molecule has 0 spiro atoms. The number of carbonyl (C=O) groups excluding carboxylic acids is 1. The summed E-state index contributed by atoms with van der Waals surface area (Å²) in [6, 6.07) is 7.68. The molecule has 1 aliphatic heterocycles. The van der Waals surface area contributed by atoms with Crippen LogP contribution in [0.15, 0.2) is 24.3 Å². The van der Waals surface area contributed by atoms with E-state index in [2.05, 4.69) is 5.32 Å². The molecule has 1 fully saturated rings. The van der Waals surface area contributed by atoms with Gasteiger partial charge in [-0.1, -0.05) is 6.07 Å². The second-order valence-electron chi connectivity index (χ2n) is 4.98. The summed E-state index contributed by atoms with van der Waals surface area (Å²) in [6.45, 7) is 2.04. The normalized spacial score (nSPS) is 19.6. The van der Waals surface area contributed by atoms with Crippen LogP contribution in [-0.2, 0) is 0 Å². The highest BCUT2D eigenvalue weighted by Crippen LogP contribution is 2.18. The second-order valence-corrected chi connectivity index (χ2v) is 4.98. The third kappa shape index (κ3) is 3.47. The number of methoxy groups -OCH3 is 1. The molecular weight excluding hydrogens is 240 g/mol. The van der Waals surface area contributed by atoms with E-state index in [4.69, 9.17) is 4.74 Å². The van der Waals surface area contributed by atoms with Crippen LogP contribution >= 0.6 is 0 Å². The summed E-state index contributed by atoms with van der Waals surface area (Å²) < 4.78 is 5.17. The first-order valence-electron chi connectivity index (χ1n) is 6.84. The fourth-order valence-electron chi connectivity index (χ4n) is 2.51. The minimum Gasteiger partial charge on any atom is -0.497 e. The van der Waals surface area contributed by atoms with Crippen molar-refractivity contribution in [3.8, 4) is 5.75 Å². The molecule has 1 aromatic rings. The predicted molar refractivity (Wildman–Crippen MR) is 75.6 cm³/mol. The van der Waals surface area contributed by atoms with Crippen LogP contribution in [-0.4, -0.2) is 44.1 Å². The summed E-state index contributed by atoms with van der Waals surface area (Å²) in [5.74, 6) is 0.799. The van der Waals surface area contributed by atoms with Crippen LogP contribution in [0.5, 0.6) is 5.75 Å². The van der Waals surface area contributed by atoms with Gasteiger partial charge in [0.05, 0.1) is 7.11 Å². The van der Waals surface area contributed by atoms with Crippen molar-refractivity contribution in [2.75, 3.05) is 27.2 Å². The van der Waals surface area contributed by atoms with Crippen LogP contribution in [0.25, 0.3) is 0 Å². The average molecular weight is 262 g/mol. The van der Waals surface area contributed by atoms with Crippen LogP contribution in [0, 0.1) is 0 Å². The zero-order valence-corrected chi connectivity index (χ0v) is 11.7. The monoisotopic (exact) mass is 262 g/mol. The zero-order valence-electron chi connectivity index (χ0n) is 11.7. The Morgan fingerprint density at radius 2 is 2.21 bits per heavy atom. The molecule has 1 aliphatic rings. The van der Waals surface area contributed by atoms with Gasteiger partial charge in [-0.15, -0.1) is 0 Å². The van der Waals surface area contributed by atoms with E-state index in [1.165, 1.54) is 0 Å². The lowest BCUT2D eigenvalue weighted by Crippen LogP contribution is -2.37. The smallest absolute Gasteiger partial charge is 0.253 e. The van der Waals surface area contributed by atoms with Crippen molar-refractivity contribution in [3.63, 3.8) is 0 Å². The number of nitrogens with zero attached hydrogens (tertiary/aromatic N) is 1. The van der Waals surface area contributed by atoms with E-state index in [9.17, 15) is 4.79 Å². The molecule has 4 heteroatoms. The third-order valence-electron chi connectivity index (χ3n) is 3.73. The van der Waals surface area contributed by atoms with Crippen LogP contribution in [0.1, 0.15) is 29.6 Å². The summed E-state index contributed by atoms with van der Waals surface area (Å²) >= 11 is 0. The van der Waals surface area contributed by atoms with Gasteiger partial charge in [0.2, 0.25) is 0 Å². The molecule has 1 atom stereocenters. The number of rotatable bonds is 3. The molecule has 0 aliphatic carbocycles. The van der Waals surface area contributed by atoms with E-state index < -0.39 is 0 Å². The van der Waals surface area contributed by atoms with Crippen molar-refractivity contribution in [1.82, 2.24) is 10.2 Å². The van der Waals surface area contributed by atoms with Gasteiger partial charge in [0, 0.05) is 18.7 Å². The number of amides is 1. The van der Waals surface area contributed by atoms with Crippen molar-refractivity contribution < 1.29 is 9.53 Å². The molecule has 1 amide bonds. The SMILES string of the molecule is COc1cccc(C(=O)N(C)[C@@H]2CCCNCC2)c1. The zero-order chi connectivity index (χ0) is 13.7. The Kier molecular flexibility index (Phi) is 4.80. The van der Waals surface area contributed by atoms with Crippen LogP contribution in [0.3, 0.4) is 0 Å². The van der Waals surface area contributed by atoms with Crippen molar-refractivity contribution >= 4 is 5.91 Å². The second kappa shape index (κ2) is 6.57. The Balaban J connectivity index is 2.08. The molecule has 1 aromatic carbocycles. The van der Waals surface area contributed by atoms with E-state index in [-0.39, 0.29) is 5.91 Å². The van der Waals surface area contributed by atoms with Crippen LogP contribution < -0.4 is 10.1 Å². The Bertz CT molecular complexity index is 426. The molecule has 19 heavy (non-hydrogen) atoms. The maximum absolute atomic E-state index is 12.5. The van der Waals surface area contributed by atoms with E-state index in [1.807, 2.05) is 30.1 Å². The average Bonchev–Trinajstić information content (AvgIpc) is 2.75. The number of nitrogens with one attached hydrogen (secondary N) is 1. The van der Waals surface area contributed by atoms with Crippen molar-refractivity contribution in [2.45, 2.75) is 25.3 Å². The Morgan fingerprint density at radius 3 is 3.00 bits per heavy atom. The van der Waals surface area contributed by atoms with E-state index in [0.29, 0.717) is 11.6 Å². The molecule has 1 saturated heterocycles. The summed E-state index contributed by atoms with van der Waals surface area (Å²) in [5, 5.41) is 3.37. The van der Waals surface area contributed by atoms with Gasteiger partial charge in [-0.2, -0.15) is 0 Å². The van der Waals surface area contributed by atoms with Gasteiger partial charge < -0.3 is 15.0 Å². The summed E-state index contributed by atoms with van der Waals surface area (Å²) in [5.41, 5.74) is 0.694. The molecule has 0 unspecified atom stereocenters. The predicted octanol–water partition coefficient (Wildman–Crippen LogP) is 1.91. The van der Waals surface area contributed by atoms with E-state index in [1.54, 1.807) is 13.2 Å². The first kappa shape index (κ1) is 13.9. The maximum atomic E-state index is 12.5. The van der Waals surface area contributed by atoms with Gasteiger partial charge in [-0.25, -0.2) is 0 Å². The maximum Gasteiger partial charge on any atom is 0.253 e. The summed E-state index contributed by atoms with van der Waals surface area (Å²) in [7, 11) is 3.52. The van der Waals surface area contributed by atoms with Gasteiger partial charge in [-0.3, -0.25) is 4.79 Å². The number of benzene rings is 1. The van der Waals surface area contributed by atoms with Gasteiger partial charge in [0.25, 0.3) is 5.91 Å². The molecule has 1 heterocycles. The minimum absolute atomic E-state index is 0.0748. The molecular formula is C15H22N2O2. The van der Waals surface area contributed by atoms with Gasteiger partial charge in [0.1, 0.15) is 5.75 Å². The first-order valence-corrected chi connectivity index (χ1v) is 6.84. The Labute approximate surface area is 114 Å². The highest BCUT2D eigenvalue weighted by molar-refractivity contribution is 5.94. The molecule has 2 rings (SSSR count). The molecule has 104 valence electrons. The van der Waals surface area contributed by atoms with Crippen molar-refractivity contribution in [3.05, 3.63) is 29.8 Å². The number of carbonyl (C=O) groups is 1. The number of hydrogen-bond acceptors (Lipinski definition) is 3. The highest BCUT2D eigenvalue weighted by atomic mass is 16.5.